The van der Waals surface area contributed by atoms with Crippen LogP contribution in [0, 0.1) is 0 Å². The number of fused-ring (bicyclic) bond motifs is 1. The number of aliphatic imine (C=N–C) groups is 1. The standard InChI is InChI=1S/C25H29FN2O3S/c1-3-4-7-19(26)12-13-27-18(2)14-25(16-29)17-32-24(28-25)15-31-23-11-6-8-20-21(23)9-5-10-22(20)30/h3-4,6-8,11-12,16,22,27,30H,1-2,5,9-10,13-15,17H2/b7-4-,19-12+. The first kappa shape index (κ1) is 24.0. The van der Waals surface area contributed by atoms with Gasteiger partial charge >= 0.3 is 0 Å². The average molecular weight is 457 g/mol. The van der Waals surface area contributed by atoms with Gasteiger partial charge in [-0.3, -0.25) is 4.99 Å². The van der Waals surface area contributed by atoms with Gasteiger partial charge in [0, 0.05) is 24.4 Å². The van der Waals surface area contributed by atoms with Crippen LogP contribution in [-0.2, 0) is 11.2 Å². The van der Waals surface area contributed by atoms with Crippen LogP contribution in [0.15, 0.2) is 72.2 Å². The Morgan fingerprint density at radius 1 is 1.47 bits per heavy atom. The van der Waals surface area contributed by atoms with E-state index < -0.39 is 11.6 Å². The average Bonchev–Trinajstić information content (AvgIpc) is 3.20. The van der Waals surface area contributed by atoms with Gasteiger partial charge in [0.05, 0.1) is 6.10 Å². The summed E-state index contributed by atoms with van der Waals surface area (Å²) in [4.78, 5) is 16.5. The molecule has 0 amide bonds. The van der Waals surface area contributed by atoms with E-state index in [0.29, 0.717) is 17.9 Å². The molecule has 0 saturated carbocycles. The van der Waals surface area contributed by atoms with Crippen LogP contribution in [0.1, 0.15) is 36.5 Å². The molecular weight excluding hydrogens is 427 g/mol. The summed E-state index contributed by atoms with van der Waals surface area (Å²) in [5, 5.41) is 14.0. The maximum Gasteiger partial charge on any atom is 0.148 e. The molecular formula is C25H29FN2O3S. The van der Waals surface area contributed by atoms with Crippen molar-refractivity contribution in [3.05, 3.63) is 78.3 Å². The van der Waals surface area contributed by atoms with Gasteiger partial charge in [0.2, 0.25) is 0 Å². The highest BCUT2D eigenvalue weighted by molar-refractivity contribution is 8.14. The number of halogens is 1. The number of aliphatic hydroxyl groups excluding tert-OH is 1. The van der Waals surface area contributed by atoms with E-state index in [-0.39, 0.29) is 19.0 Å². The number of carbonyl (C=O) groups excluding carboxylic acids is 1. The maximum absolute atomic E-state index is 13.5. The number of hydrogen-bond acceptors (Lipinski definition) is 6. The van der Waals surface area contributed by atoms with Crippen molar-refractivity contribution in [1.82, 2.24) is 5.32 Å². The van der Waals surface area contributed by atoms with Gasteiger partial charge in [-0.05, 0) is 48.6 Å². The Balaban J connectivity index is 1.57. The van der Waals surface area contributed by atoms with Crippen molar-refractivity contribution < 1.29 is 19.0 Å². The van der Waals surface area contributed by atoms with E-state index in [0.717, 1.165) is 47.5 Å². The third-order valence-electron chi connectivity index (χ3n) is 5.40. The Morgan fingerprint density at radius 2 is 2.31 bits per heavy atom. The van der Waals surface area contributed by atoms with Crippen LogP contribution in [0.2, 0.25) is 0 Å². The zero-order chi connectivity index (χ0) is 23.0. The first-order valence-electron chi connectivity index (χ1n) is 10.6. The predicted molar refractivity (Wildman–Crippen MR) is 129 cm³/mol. The lowest BCUT2D eigenvalue weighted by Crippen LogP contribution is -2.32. The van der Waals surface area contributed by atoms with E-state index in [1.54, 1.807) is 0 Å². The molecule has 1 heterocycles. The van der Waals surface area contributed by atoms with E-state index in [1.165, 1.54) is 36.1 Å². The quantitative estimate of drug-likeness (QED) is 0.376. The summed E-state index contributed by atoms with van der Waals surface area (Å²) in [6, 6.07) is 5.75. The minimum Gasteiger partial charge on any atom is -0.486 e. The molecule has 2 unspecified atom stereocenters. The van der Waals surface area contributed by atoms with Crippen molar-refractivity contribution in [2.24, 2.45) is 4.99 Å². The lowest BCUT2D eigenvalue weighted by atomic mass is 9.89. The van der Waals surface area contributed by atoms with Crippen LogP contribution in [0.4, 0.5) is 4.39 Å². The number of aliphatic hydroxyl groups is 1. The van der Waals surface area contributed by atoms with Crippen molar-refractivity contribution in [1.29, 1.82) is 0 Å². The molecule has 3 rings (SSSR count). The highest BCUT2D eigenvalue weighted by Gasteiger charge is 2.36. The Labute approximate surface area is 192 Å². The Hall–Kier alpha value is -2.64. The number of hydrogen-bond donors (Lipinski definition) is 2. The maximum atomic E-state index is 13.5. The number of benzene rings is 1. The number of allylic oxidation sites excluding steroid dienone is 4. The Bertz CT molecular complexity index is 957. The first-order valence-corrected chi connectivity index (χ1v) is 11.6. The Morgan fingerprint density at radius 3 is 3.09 bits per heavy atom. The normalized spacial score (nSPS) is 22.9. The van der Waals surface area contributed by atoms with Gasteiger partial charge in [-0.2, -0.15) is 0 Å². The number of carbonyl (C=O) groups is 1. The summed E-state index contributed by atoms with van der Waals surface area (Å²) >= 11 is 1.50. The van der Waals surface area contributed by atoms with Gasteiger partial charge in [-0.1, -0.05) is 37.4 Å². The van der Waals surface area contributed by atoms with Crippen LogP contribution >= 0.6 is 11.8 Å². The van der Waals surface area contributed by atoms with Crippen LogP contribution < -0.4 is 10.1 Å². The summed E-state index contributed by atoms with van der Waals surface area (Å²) in [6.45, 7) is 7.99. The summed E-state index contributed by atoms with van der Waals surface area (Å²) in [6.07, 6.45) is 9.05. The molecule has 1 aliphatic carbocycles. The highest BCUT2D eigenvalue weighted by atomic mass is 32.2. The van der Waals surface area contributed by atoms with Crippen molar-refractivity contribution in [2.75, 3.05) is 18.9 Å². The van der Waals surface area contributed by atoms with Gasteiger partial charge in [0.1, 0.15) is 35.1 Å². The smallest absolute Gasteiger partial charge is 0.148 e. The summed E-state index contributed by atoms with van der Waals surface area (Å²) in [5.41, 5.74) is 1.71. The molecule has 1 aliphatic heterocycles. The van der Waals surface area contributed by atoms with Crippen molar-refractivity contribution in [3.8, 4) is 5.75 Å². The minimum absolute atomic E-state index is 0.263. The van der Waals surface area contributed by atoms with E-state index >= 15 is 0 Å². The molecule has 2 N–H and O–H groups in total. The second kappa shape index (κ2) is 11.3. The fourth-order valence-electron chi connectivity index (χ4n) is 3.81. The second-order valence-corrected chi connectivity index (χ2v) is 8.93. The van der Waals surface area contributed by atoms with Gasteiger partial charge in [0.25, 0.3) is 0 Å². The zero-order valence-corrected chi connectivity index (χ0v) is 18.9. The SMILES string of the molecule is C=C/C=C\C(F)=C/CNC(=C)CC1(C=O)CSC(COc2cccc3c2CCCC3O)=N1. The molecule has 0 fully saturated rings. The van der Waals surface area contributed by atoms with Gasteiger partial charge < -0.3 is 20.0 Å². The Kier molecular flexibility index (Phi) is 8.47. The van der Waals surface area contributed by atoms with Crippen LogP contribution in [-0.4, -0.2) is 40.9 Å². The molecule has 0 spiro atoms. The lowest BCUT2D eigenvalue weighted by Gasteiger charge is -2.23. The monoisotopic (exact) mass is 456 g/mol. The third kappa shape index (κ3) is 6.20. The largest absolute Gasteiger partial charge is 0.486 e. The molecule has 0 bridgehead atoms. The summed E-state index contributed by atoms with van der Waals surface area (Å²) < 4.78 is 19.6. The van der Waals surface area contributed by atoms with E-state index in [9.17, 15) is 14.3 Å². The molecule has 2 aliphatic rings. The van der Waals surface area contributed by atoms with Crippen molar-refractivity contribution >= 4 is 23.1 Å². The van der Waals surface area contributed by atoms with Crippen LogP contribution in [0.3, 0.4) is 0 Å². The number of thioether (sulfide) groups is 1. The molecule has 1 aromatic carbocycles. The van der Waals surface area contributed by atoms with Gasteiger partial charge in [-0.15, -0.1) is 11.8 Å². The van der Waals surface area contributed by atoms with Crippen LogP contribution in [0.5, 0.6) is 5.75 Å². The number of aldehydes is 1. The van der Waals surface area contributed by atoms with Crippen LogP contribution in [0.25, 0.3) is 0 Å². The molecule has 5 nitrogen and oxygen atoms in total. The zero-order valence-electron chi connectivity index (χ0n) is 18.1. The lowest BCUT2D eigenvalue weighted by molar-refractivity contribution is -0.111. The molecule has 32 heavy (non-hydrogen) atoms. The van der Waals surface area contributed by atoms with Gasteiger partial charge in [-0.25, -0.2) is 4.39 Å². The molecule has 0 aromatic heterocycles. The van der Waals surface area contributed by atoms with E-state index in [2.05, 4.69) is 23.5 Å². The fourth-order valence-corrected chi connectivity index (χ4v) is 4.85. The van der Waals surface area contributed by atoms with Crippen molar-refractivity contribution in [3.63, 3.8) is 0 Å². The molecule has 0 radical (unpaired) electrons. The number of ether oxygens (including phenoxy) is 1. The molecule has 7 heteroatoms. The number of nitrogens with zero attached hydrogens (tertiary/aromatic N) is 1. The third-order valence-corrected chi connectivity index (χ3v) is 6.59. The molecule has 0 saturated heterocycles. The predicted octanol–water partition coefficient (Wildman–Crippen LogP) is 4.61. The molecule has 2 atom stereocenters. The number of nitrogens with one attached hydrogen (secondary N) is 1. The van der Waals surface area contributed by atoms with Gasteiger partial charge in [0.15, 0.2) is 0 Å². The first-order chi connectivity index (χ1) is 15.5. The van der Waals surface area contributed by atoms with E-state index in [4.69, 9.17) is 4.74 Å². The molecule has 170 valence electrons. The van der Waals surface area contributed by atoms with Crippen molar-refractivity contribution in [2.45, 2.75) is 37.3 Å². The topological polar surface area (TPSA) is 70.9 Å². The number of rotatable bonds is 11. The second-order valence-electron chi connectivity index (χ2n) is 7.88. The highest BCUT2D eigenvalue weighted by Crippen LogP contribution is 2.36. The minimum atomic E-state index is -0.898. The molecule has 1 aromatic rings. The summed E-state index contributed by atoms with van der Waals surface area (Å²) in [5.74, 6) is 0.895. The van der Waals surface area contributed by atoms with E-state index in [1.807, 2.05) is 18.2 Å². The summed E-state index contributed by atoms with van der Waals surface area (Å²) in [7, 11) is 0. The fraction of sp³-hybridized carbons (Fsp3) is 0.360.